The van der Waals surface area contributed by atoms with Gasteiger partial charge in [0.15, 0.2) is 0 Å². The molecule has 1 aromatic rings. The molecule has 13 heavy (non-hydrogen) atoms. The zero-order chi connectivity index (χ0) is 9.31. The summed E-state index contributed by atoms with van der Waals surface area (Å²) in [5.74, 6) is 0.948. The van der Waals surface area contributed by atoms with Crippen LogP contribution in [0.15, 0.2) is 24.3 Å². The van der Waals surface area contributed by atoms with Crippen molar-refractivity contribution in [2.75, 3.05) is 5.75 Å². The first-order valence-corrected chi connectivity index (χ1v) is 5.35. The Morgan fingerprint density at radius 1 is 1.31 bits per heavy atom. The fourth-order valence-corrected chi connectivity index (χ4v) is 2.37. The summed E-state index contributed by atoms with van der Waals surface area (Å²) in [5.41, 5.74) is 8.77. The summed E-state index contributed by atoms with van der Waals surface area (Å²) < 4.78 is 0. The van der Waals surface area contributed by atoms with E-state index in [1.54, 1.807) is 0 Å². The van der Waals surface area contributed by atoms with Crippen LogP contribution in [-0.4, -0.2) is 5.75 Å². The van der Waals surface area contributed by atoms with Crippen LogP contribution in [0.2, 0.25) is 0 Å². The van der Waals surface area contributed by atoms with Gasteiger partial charge in [-0.25, -0.2) is 0 Å². The maximum Gasteiger partial charge on any atom is 0.0181 e. The Morgan fingerprint density at radius 2 is 2.00 bits per heavy atom. The summed E-state index contributed by atoms with van der Waals surface area (Å²) in [4.78, 5) is 0. The van der Waals surface area contributed by atoms with Crippen molar-refractivity contribution >= 4 is 12.6 Å². The number of nitrogens with two attached hydrogens (primary N) is 1. The summed E-state index contributed by atoms with van der Waals surface area (Å²) in [6.45, 7) is 0.645. The summed E-state index contributed by atoms with van der Waals surface area (Å²) in [7, 11) is 0. The molecule has 2 heteroatoms. The highest BCUT2D eigenvalue weighted by molar-refractivity contribution is 7.80. The van der Waals surface area contributed by atoms with E-state index in [0.717, 1.165) is 5.75 Å². The Hall–Kier alpha value is -0.470. The standard InChI is InChI=1S/C11H15NS/c12-7-9-3-1-2-4-10(9)11(8-13)5-6-11/h1-4,13H,5-8,12H2. The SMILES string of the molecule is NCc1ccccc1C1(CS)CC1. The lowest BCUT2D eigenvalue weighted by Crippen LogP contribution is -2.13. The Bertz CT molecular complexity index is 305. The van der Waals surface area contributed by atoms with Crippen molar-refractivity contribution < 1.29 is 0 Å². The molecule has 2 N–H and O–H groups in total. The predicted octanol–water partition coefficient (Wildman–Crippen LogP) is 2.11. The summed E-state index contributed by atoms with van der Waals surface area (Å²) in [6.07, 6.45) is 2.54. The molecule has 1 aromatic carbocycles. The zero-order valence-electron chi connectivity index (χ0n) is 7.66. The second-order valence-electron chi connectivity index (χ2n) is 3.80. The van der Waals surface area contributed by atoms with E-state index in [1.807, 2.05) is 0 Å². The average molecular weight is 193 g/mol. The number of thiol groups is 1. The Morgan fingerprint density at radius 3 is 2.54 bits per heavy atom. The van der Waals surface area contributed by atoms with Gasteiger partial charge >= 0.3 is 0 Å². The Balaban J connectivity index is 2.39. The van der Waals surface area contributed by atoms with E-state index < -0.39 is 0 Å². The van der Waals surface area contributed by atoms with Crippen LogP contribution in [0, 0.1) is 0 Å². The molecular formula is C11H15NS. The first-order chi connectivity index (χ1) is 6.32. The molecule has 1 saturated carbocycles. The molecule has 1 fully saturated rings. The van der Waals surface area contributed by atoms with Gasteiger partial charge in [-0.05, 0) is 29.7 Å². The van der Waals surface area contributed by atoms with Gasteiger partial charge in [0.05, 0.1) is 0 Å². The molecule has 1 nitrogen and oxygen atoms in total. The van der Waals surface area contributed by atoms with Crippen molar-refractivity contribution in [3.63, 3.8) is 0 Å². The second kappa shape index (κ2) is 3.35. The van der Waals surface area contributed by atoms with Crippen molar-refractivity contribution in [3.8, 4) is 0 Å². The van der Waals surface area contributed by atoms with E-state index in [9.17, 15) is 0 Å². The van der Waals surface area contributed by atoms with Crippen LogP contribution >= 0.6 is 12.6 Å². The molecule has 0 unspecified atom stereocenters. The predicted molar refractivity (Wildman–Crippen MR) is 59.1 cm³/mol. The van der Waals surface area contributed by atoms with E-state index >= 15 is 0 Å². The van der Waals surface area contributed by atoms with Gasteiger partial charge in [-0.1, -0.05) is 24.3 Å². The maximum atomic E-state index is 5.70. The molecule has 70 valence electrons. The van der Waals surface area contributed by atoms with Gasteiger partial charge < -0.3 is 5.73 Å². The van der Waals surface area contributed by atoms with Crippen molar-refractivity contribution in [1.82, 2.24) is 0 Å². The molecule has 0 aliphatic heterocycles. The first-order valence-electron chi connectivity index (χ1n) is 4.72. The molecule has 0 atom stereocenters. The van der Waals surface area contributed by atoms with Crippen LogP contribution < -0.4 is 5.73 Å². The van der Waals surface area contributed by atoms with Crippen LogP contribution in [0.1, 0.15) is 24.0 Å². The molecule has 0 amide bonds. The van der Waals surface area contributed by atoms with Crippen molar-refractivity contribution in [2.45, 2.75) is 24.8 Å². The van der Waals surface area contributed by atoms with Crippen LogP contribution in [-0.2, 0) is 12.0 Å². The third kappa shape index (κ3) is 1.49. The molecule has 0 heterocycles. The van der Waals surface area contributed by atoms with Crippen LogP contribution in [0.4, 0.5) is 0 Å². The lowest BCUT2D eigenvalue weighted by atomic mass is 9.93. The molecule has 1 aliphatic carbocycles. The van der Waals surface area contributed by atoms with Crippen molar-refractivity contribution in [2.24, 2.45) is 5.73 Å². The average Bonchev–Trinajstić information content (AvgIpc) is 2.98. The molecule has 1 aliphatic rings. The normalized spacial score (nSPS) is 18.6. The van der Waals surface area contributed by atoms with Gasteiger partial charge in [0, 0.05) is 12.0 Å². The highest BCUT2D eigenvalue weighted by Gasteiger charge is 2.43. The fourth-order valence-electron chi connectivity index (χ4n) is 1.88. The number of benzene rings is 1. The molecule has 0 saturated heterocycles. The molecule has 0 radical (unpaired) electrons. The third-order valence-electron chi connectivity index (χ3n) is 2.96. The summed E-state index contributed by atoms with van der Waals surface area (Å²) in [5, 5.41) is 0. The van der Waals surface area contributed by atoms with Crippen LogP contribution in [0.5, 0.6) is 0 Å². The maximum absolute atomic E-state index is 5.70. The van der Waals surface area contributed by atoms with Crippen LogP contribution in [0.25, 0.3) is 0 Å². The van der Waals surface area contributed by atoms with Gasteiger partial charge in [-0.2, -0.15) is 12.6 Å². The number of rotatable bonds is 3. The van der Waals surface area contributed by atoms with Gasteiger partial charge in [0.25, 0.3) is 0 Å². The Labute approximate surface area is 84.7 Å². The van der Waals surface area contributed by atoms with E-state index in [1.165, 1.54) is 24.0 Å². The molecule has 0 bridgehead atoms. The fraction of sp³-hybridized carbons (Fsp3) is 0.455. The quantitative estimate of drug-likeness (QED) is 0.706. The first kappa shape index (κ1) is 9.10. The summed E-state index contributed by atoms with van der Waals surface area (Å²) >= 11 is 4.42. The monoisotopic (exact) mass is 193 g/mol. The second-order valence-corrected chi connectivity index (χ2v) is 4.12. The molecular weight excluding hydrogens is 178 g/mol. The highest BCUT2D eigenvalue weighted by Crippen LogP contribution is 2.49. The third-order valence-corrected chi connectivity index (χ3v) is 3.57. The topological polar surface area (TPSA) is 26.0 Å². The Kier molecular flexibility index (Phi) is 2.35. The lowest BCUT2D eigenvalue weighted by molar-refractivity contribution is 0.784. The van der Waals surface area contributed by atoms with Gasteiger partial charge in [0.1, 0.15) is 0 Å². The number of hydrogen-bond donors (Lipinski definition) is 2. The van der Waals surface area contributed by atoms with Crippen LogP contribution in [0.3, 0.4) is 0 Å². The summed E-state index contributed by atoms with van der Waals surface area (Å²) in [6, 6.07) is 8.47. The van der Waals surface area contributed by atoms with Crippen molar-refractivity contribution in [3.05, 3.63) is 35.4 Å². The van der Waals surface area contributed by atoms with E-state index in [2.05, 4.69) is 36.9 Å². The largest absolute Gasteiger partial charge is 0.326 e. The zero-order valence-corrected chi connectivity index (χ0v) is 8.56. The van der Waals surface area contributed by atoms with E-state index in [-0.39, 0.29) is 0 Å². The van der Waals surface area contributed by atoms with E-state index in [4.69, 9.17) is 5.73 Å². The smallest absolute Gasteiger partial charge is 0.0181 e. The molecule has 2 rings (SSSR count). The minimum atomic E-state index is 0.360. The van der Waals surface area contributed by atoms with Gasteiger partial charge in [-0.3, -0.25) is 0 Å². The molecule has 0 spiro atoms. The highest BCUT2D eigenvalue weighted by atomic mass is 32.1. The van der Waals surface area contributed by atoms with E-state index in [0.29, 0.717) is 12.0 Å². The minimum absolute atomic E-state index is 0.360. The number of hydrogen-bond acceptors (Lipinski definition) is 2. The molecule has 0 aromatic heterocycles. The lowest BCUT2D eigenvalue weighted by Gasteiger charge is -2.16. The van der Waals surface area contributed by atoms with Gasteiger partial charge in [-0.15, -0.1) is 0 Å². The van der Waals surface area contributed by atoms with Gasteiger partial charge in [0.2, 0.25) is 0 Å². The van der Waals surface area contributed by atoms with Crippen molar-refractivity contribution in [1.29, 1.82) is 0 Å². The minimum Gasteiger partial charge on any atom is -0.326 e.